The maximum absolute atomic E-state index is 4.63. The Kier molecular flexibility index (Phi) is 6.13. The van der Waals surface area contributed by atoms with E-state index in [1.807, 2.05) is 6.08 Å². The van der Waals surface area contributed by atoms with Crippen molar-refractivity contribution in [2.45, 2.75) is 59.5 Å². The van der Waals surface area contributed by atoms with E-state index in [0.717, 1.165) is 32.4 Å². The van der Waals surface area contributed by atoms with E-state index >= 15 is 0 Å². The fourth-order valence-electron chi connectivity index (χ4n) is 2.18. The fraction of sp³-hybridized carbons (Fsp3) is 0.667. The second-order valence-electron chi connectivity index (χ2n) is 5.16. The van der Waals surface area contributed by atoms with Crippen LogP contribution in [0.4, 0.5) is 0 Å². The highest BCUT2D eigenvalue weighted by Gasteiger charge is 2.10. The molecule has 1 heterocycles. The molecule has 0 saturated heterocycles. The average molecular weight is 249 g/mol. The van der Waals surface area contributed by atoms with Crippen LogP contribution in [0.15, 0.2) is 12.7 Å². The number of hydrogen-bond donors (Lipinski definition) is 1. The highest BCUT2D eigenvalue weighted by molar-refractivity contribution is 5.24. The van der Waals surface area contributed by atoms with Crippen LogP contribution in [0.3, 0.4) is 0 Å². The first-order chi connectivity index (χ1) is 8.56. The summed E-state index contributed by atoms with van der Waals surface area (Å²) in [6, 6.07) is 0.549. The first-order valence-corrected chi connectivity index (χ1v) is 6.93. The van der Waals surface area contributed by atoms with Crippen molar-refractivity contribution in [3.63, 3.8) is 0 Å². The van der Waals surface area contributed by atoms with Gasteiger partial charge >= 0.3 is 0 Å². The maximum Gasteiger partial charge on any atom is 0.0628 e. The minimum Gasteiger partial charge on any atom is -0.314 e. The van der Waals surface area contributed by atoms with Gasteiger partial charge in [0.15, 0.2) is 0 Å². The molecule has 0 aliphatic heterocycles. The van der Waals surface area contributed by atoms with Crippen molar-refractivity contribution in [3.8, 4) is 0 Å². The summed E-state index contributed by atoms with van der Waals surface area (Å²) < 4.78 is 2.14. The summed E-state index contributed by atoms with van der Waals surface area (Å²) in [5.74, 6) is 0. The monoisotopic (exact) mass is 249 g/mol. The van der Waals surface area contributed by atoms with Crippen molar-refractivity contribution < 1.29 is 0 Å². The number of hydrogen-bond acceptors (Lipinski definition) is 2. The number of nitrogens with zero attached hydrogens (tertiary/aromatic N) is 2. The lowest BCUT2D eigenvalue weighted by Crippen LogP contribution is -2.25. The molecule has 0 aromatic carbocycles. The summed E-state index contributed by atoms with van der Waals surface area (Å²) in [5.41, 5.74) is 3.90. The van der Waals surface area contributed by atoms with Crippen molar-refractivity contribution in [2.75, 3.05) is 6.54 Å². The van der Waals surface area contributed by atoms with Crippen LogP contribution in [0.2, 0.25) is 0 Å². The van der Waals surface area contributed by atoms with Crippen LogP contribution in [-0.2, 0) is 13.0 Å². The van der Waals surface area contributed by atoms with E-state index in [2.05, 4.69) is 49.4 Å². The molecular weight excluding hydrogens is 222 g/mol. The Morgan fingerprint density at radius 1 is 1.39 bits per heavy atom. The predicted molar refractivity (Wildman–Crippen MR) is 78.0 cm³/mol. The lowest BCUT2D eigenvalue weighted by atomic mass is 10.1. The van der Waals surface area contributed by atoms with Crippen molar-refractivity contribution in [1.29, 1.82) is 0 Å². The highest BCUT2D eigenvalue weighted by Crippen LogP contribution is 2.14. The van der Waals surface area contributed by atoms with Gasteiger partial charge < -0.3 is 5.32 Å². The molecule has 102 valence electrons. The largest absolute Gasteiger partial charge is 0.314 e. The third-order valence-corrected chi connectivity index (χ3v) is 3.24. The van der Waals surface area contributed by atoms with Gasteiger partial charge in [-0.3, -0.25) is 4.68 Å². The van der Waals surface area contributed by atoms with Crippen LogP contribution < -0.4 is 5.32 Å². The highest BCUT2D eigenvalue weighted by atomic mass is 15.3. The van der Waals surface area contributed by atoms with Gasteiger partial charge in [-0.25, -0.2) is 0 Å². The Morgan fingerprint density at radius 3 is 2.72 bits per heavy atom. The Balaban J connectivity index is 2.59. The van der Waals surface area contributed by atoms with Crippen LogP contribution in [0.25, 0.3) is 0 Å². The van der Waals surface area contributed by atoms with E-state index in [4.69, 9.17) is 0 Å². The zero-order valence-electron chi connectivity index (χ0n) is 12.3. The zero-order valence-corrected chi connectivity index (χ0v) is 12.3. The number of nitrogens with one attached hydrogen (secondary N) is 1. The van der Waals surface area contributed by atoms with Crippen LogP contribution in [0, 0.1) is 13.8 Å². The molecule has 0 aliphatic rings. The summed E-state index contributed by atoms with van der Waals surface area (Å²) in [4.78, 5) is 0. The molecule has 18 heavy (non-hydrogen) atoms. The topological polar surface area (TPSA) is 29.9 Å². The Hall–Kier alpha value is -1.09. The summed E-state index contributed by atoms with van der Waals surface area (Å²) in [6.45, 7) is 14.4. The third-order valence-electron chi connectivity index (χ3n) is 3.24. The zero-order chi connectivity index (χ0) is 13.5. The number of rotatable bonds is 8. The predicted octanol–water partition coefficient (Wildman–Crippen LogP) is 3.01. The molecule has 1 N–H and O–H groups in total. The van der Waals surface area contributed by atoms with Gasteiger partial charge in [-0.15, -0.1) is 6.58 Å². The van der Waals surface area contributed by atoms with E-state index in [1.165, 1.54) is 17.0 Å². The minimum absolute atomic E-state index is 0.549. The molecule has 0 fully saturated rings. The molecule has 0 bridgehead atoms. The van der Waals surface area contributed by atoms with Crippen molar-refractivity contribution in [1.82, 2.24) is 15.1 Å². The van der Waals surface area contributed by atoms with Crippen LogP contribution in [-0.4, -0.2) is 22.4 Å². The summed E-state index contributed by atoms with van der Waals surface area (Å²) in [6.07, 6.45) is 5.22. The average Bonchev–Trinajstić information content (AvgIpc) is 2.56. The van der Waals surface area contributed by atoms with Gasteiger partial charge in [0, 0.05) is 18.3 Å². The van der Waals surface area contributed by atoms with Gasteiger partial charge in [0.2, 0.25) is 0 Å². The van der Waals surface area contributed by atoms with Crippen molar-refractivity contribution >= 4 is 0 Å². The van der Waals surface area contributed by atoms with Crippen LogP contribution in [0.1, 0.15) is 43.6 Å². The number of unbranched alkanes of at least 4 members (excludes halogenated alkanes) is 1. The van der Waals surface area contributed by atoms with Crippen molar-refractivity contribution in [3.05, 3.63) is 29.6 Å². The molecule has 0 unspecified atom stereocenters. The van der Waals surface area contributed by atoms with Gasteiger partial charge in [0.1, 0.15) is 0 Å². The number of allylic oxidation sites excluding steroid dienone is 1. The molecule has 1 rings (SSSR count). The van der Waals surface area contributed by atoms with Crippen LogP contribution in [0.5, 0.6) is 0 Å². The third kappa shape index (κ3) is 4.30. The Morgan fingerprint density at radius 2 is 2.11 bits per heavy atom. The molecule has 1 aromatic rings. The molecule has 0 radical (unpaired) electrons. The molecule has 0 aliphatic carbocycles. The van der Waals surface area contributed by atoms with Crippen molar-refractivity contribution in [2.24, 2.45) is 0 Å². The van der Waals surface area contributed by atoms with Gasteiger partial charge in [-0.1, -0.05) is 19.9 Å². The second kappa shape index (κ2) is 7.37. The Bertz CT molecular complexity index is 377. The van der Waals surface area contributed by atoms with E-state index in [0.29, 0.717) is 6.04 Å². The molecule has 0 spiro atoms. The lowest BCUT2D eigenvalue weighted by molar-refractivity contribution is 0.564. The number of aryl methyl sites for hydroxylation is 2. The standard InChI is InChI=1S/C15H27N3/c1-6-7-8-11-18-14(5)15(13(4)17-18)9-10-16-12(2)3/h6,12,16H,1,7-11H2,2-5H3. The van der Waals surface area contributed by atoms with Crippen LogP contribution >= 0.6 is 0 Å². The van der Waals surface area contributed by atoms with E-state index in [9.17, 15) is 0 Å². The van der Waals surface area contributed by atoms with E-state index in [-0.39, 0.29) is 0 Å². The summed E-state index contributed by atoms with van der Waals surface area (Å²) in [7, 11) is 0. The molecule has 1 aromatic heterocycles. The maximum atomic E-state index is 4.63. The molecule has 3 nitrogen and oxygen atoms in total. The van der Waals surface area contributed by atoms with E-state index in [1.54, 1.807) is 0 Å². The van der Waals surface area contributed by atoms with Gasteiger partial charge in [-0.05, 0) is 45.2 Å². The first-order valence-electron chi connectivity index (χ1n) is 6.93. The second-order valence-corrected chi connectivity index (χ2v) is 5.16. The molecular formula is C15H27N3. The fourth-order valence-corrected chi connectivity index (χ4v) is 2.18. The van der Waals surface area contributed by atoms with Gasteiger partial charge in [0.05, 0.1) is 5.69 Å². The SMILES string of the molecule is C=CCCCn1nc(C)c(CCNC(C)C)c1C. The minimum atomic E-state index is 0.549. The van der Waals surface area contributed by atoms with Gasteiger partial charge in [0.25, 0.3) is 0 Å². The van der Waals surface area contributed by atoms with E-state index < -0.39 is 0 Å². The molecule has 0 atom stereocenters. The van der Waals surface area contributed by atoms with Gasteiger partial charge in [-0.2, -0.15) is 5.10 Å². The summed E-state index contributed by atoms with van der Waals surface area (Å²) >= 11 is 0. The molecule has 0 saturated carbocycles. The Labute approximate surface area is 111 Å². The normalized spacial score (nSPS) is 11.2. The lowest BCUT2D eigenvalue weighted by Gasteiger charge is -2.08. The quantitative estimate of drug-likeness (QED) is 0.567. The first kappa shape index (κ1) is 15.0. The molecule has 3 heteroatoms. The number of aromatic nitrogens is 2. The summed E-state index contributed by atoms with van der Waals surface area (Å²) in [5, 5.41) is 8.09. The molecule has 0 amide bonds. The smallest absolute Gasteiger partial charge is 0.0628 e.